The summed E-state index contributed by atoms with van der Waals surface area (Å²) in [6.45, 7) is 22.5. The van der Waals surface area contributed by atoms with Gasteiger partial charge in [0.05, 0.1) is 5.56 Å². The predicted molar refractivity (Wildman–Crippen MR) is 232 cm³/mol. The van der Waals surface area contributed by atoms with Gasteiger partial charge in [0, 0.05) is 105 Å². The van der Waals surface area contributed by atoms with Crippen LogP contribution in [0.15, 0.2) is 85.2 Å². The van der Waals surface area contributed by atoms with Crippen LogP contribution in [0.5, 0.6) is 5.75 Å². The number of hydrogen-bond acceptors (Lipinski definition) is 14. The van der Waals surface area contributed by atoms with Crippen LogP contribution >= 0.6 is 0 Å². The van der Waals surface area contributed by atoms with E-state index in [4.69, 9.17) is 13.9 Å². The molecule has 3 heterocycles. The summed E-state index contributed by atoms with van der Waals surface area (Å²) >= 11 is 0. The Labute approximate surface area is 348 Å². The number of benzene rings is 3. The van der Waals surface area contributed by atoms with Crippen LogP contribution in [0.1, 0.15) is 88.1 Å². The van der Waals surface area contributed by atoms with Gasteiger partial charge >= 0.3 is 29.2 Å². The summed E-state index contributed by atoms with van der Waals surface area (Å²) < 4.78 is 19.7. The Hall–Kier alpha value is -6.64. The highest BCUT2D eigenvalue weighted by atomic mass is 16.7. The number of esters is 2. The van der Waals surface area contributed by atoms with Crippen LogP contribution in [0.4, 0.5) is 17.1 Å². The number of fused-ring (bicyclic) bond motifs is 2. The van der Waals surface area contributed by atoms with Crippen LogP contribution in [0.25, 0.3) is 21.9 Å². The molecule has 1 aliphatic rings. The molecule has 2 N–H and O–H groups in total. The number of ether oxygens (including phenoxy) is 2. The lowest BCUT2D eigenvalue weighted by Crippen LogP contribution is -2.39. The molecule has 0 atom stereocenters. The number of carboxylic acid groups (broad SMARTS) is 1. The van der Waals surface area contributed by atoms with Crippen molar-refractivity contribution in [1.82, 2.24) is 0 Å². The number of nitrogens with zero attached hydrogens (tertiary/aromatic N) is 3. The minimum absolute atomic E-state index is 0.0457. The first-order valence-corrected chi connectivity index (χ1v) is 19.8. The van der Waals surface area contributed by atoms with Crippen LogP contribution in [-0.2, 0) is 19.1 Å². The molecule has 0 spiro atoms. The first-order valence-electron chi connectivity index (χ1n) is 19.8. The van der Waals surface area contributed by atoms with Gasteiger partial charge in [-0.05, 0) is 97.0 Å². The van der Waals surface area contributed by atoms with Gasteiger partial charge < -0.3 is 43.2 Å². The maximum atomic E-state index is 11.5. The van der Waals surface area contributed by atoms with E-state index in [-0.39, 0.29) is 23.4 Å². The molecule has 2 aromatic heterocycles. The lowest BCUT2D eigenvalue weighted by molar-refractivity contribution is -0.231. The molecule has 3 aromatic carbocycles. The number of phenols is 1. The Morgan fingerprint density at radius 1 is 0.650 bits per heavy atom. The largest absolute Gasteiger partial charge is 0.507 e. The minimum Gasteiger partial charge on any atom is -0.507 e. The molecule has 1 aliphatic heterocycles. The number of aryl methyl sites for hydroxylation is 1. The number of rotatable bonds is 11. The second kappa shape index (κ2) is 21.9. The van der Waals surface area contributed by atoms with Crippen molar-refractivity contribution in [2.75, 3.05) is 54.0 Å². The standard InChI is InChI=1S/C14H15NO4.C14H17NO2.C11H15NO2.C6H8O4/c1-3-15(4-2)10-6-5-9-7-11(13(16)17)14(18)19-12(9)8-10;1-4-15(5-2)12-7-6-11-8-10(3)14(16)17-13(11)9-12;1-3-12(4-2)10-6-5-9(8-13)11(14)7-10;1-6(2)9-4(7)3-5(8)10-6/h5-8H,3-4H2,1-2H3,(H,16,17);6-9H,4-5H2,1-3H3;5-8,14H,3-4H2,1-2H3;3H2,1-2H3. The molecular weight excluding hydrogens is 775 g/mol. The number of anilines is 3. The number of aromatic hydroxyl groups is 1. The van der Waals surface area contributed by atoms with Crippen LogP contribution in [-0.4, -0.2) is 79.5 Å². The molecule has 1 saturated heterocycles. The van der Waals surface area contributed by atoms with Gasteiger partial charge in [-0.3, -0.25) is 14.4 Å². The molecule has 322 valence electrons. The topological polar surface area (TPSA) is 197 Å². The number of cyclic esters (lactones) is 2. The van der Waals surface area contributed by atoms with Crippen LogP contribution in [0.3, 0.4) is 0 Å². The molecule has 1 fully saturated rings. The van der Waals surface area contributed by atoms with Gasteiger partial charge in [0.2, 0.25) is 0 Å². The fraction of sp³-hybridized carbons (Fsp3) is 0.378. The molecule has 6 rings (SSSR count). The quantitative estimate of drug-likeness (QED) is 0.0572. The molecule has 0 aliphatic carbocycles. The molecule has 5 aromatic rings. The van der Waals surface area contributed by atoms with Gasteiger partial charge in [0.25, 0.3) is 5.79 Å². The number of carboxylic acids is 1. The van der Waals surface area contributed by atoms with Crippen molar-refractivity contribution in [3.05, 3.63) is 104 Å². The summed E-state index contributed by atoms with van der Waals surface area (Å²) in [6.07, 6.45) is 0.380. The number of phenolic OH excluding ortho intramolecular Hbond substituents is 1. The normalized spacial score (nSPS) is 12.6. The van der Waals surface area contributed by atoms with E-state index in [1.165, 1.54) is 19.9 Å². The third-order valence-corrected chi connectivity index (χ3v) is 9.38. The van der Waals surface area contributed by atoms with Gasteiger partial charge in [-0.2, -0.15) is 0 Å². The molecule has 0 amide bonds. The average Bonchev–Trinajstić information content (AvgIpc) is 3.19. The summed E-state index contributed by atoms with van der Waals surface area (Å²) in [5.74, 6) is -3.36. The fourth-order valence-corrected chi connectivity index (χ4v) is 6.20. The smallest absolute Gasteiger partial charge is 0.351 e. The Morgan fingerprint density at radius 3 is 1.47 bits per heavy atom. The van der Waals surface area contributed by atoms with E-state index in [1.807, 2.05) is 58.0 Å². The molecule has 0 radical (unpaired) electrons. The van der Waals surface area contributed by atoms with Crippen molar-refractivity contribution in [3.8, 4) is 5.75 Å². The van der Waals surface area contributed by atoms with Crippen molar-refractivity contribution in [1.29, 1.82) is 0 Å². The summed E-state index contributed by atoms with van der Waals surface area (Å²) in [6, 6.07) is 19.7. The van der Waals surface area contributed by atoms with E-state index in [0.717, 1.165) is 61.7 Å². The zero-order valence-electron chi connectivity index (χ0n) is 35.7. The van der Waals surface area contributed by atoms with Gasteiger partial charge in [-0.15, -0.1) is 0 Å². The van der Waals surface area contributed by atoms with Gasteiger partial charge in [-0.25, -0.2) is 14.4 Å². The molecule has 15 heteroatoms. The minimum atomic E-state index is -1.27. The van der Waals surface area contributed by atoms with Gasteiger partial charge in [0.1, 0.15) is 28.9 Å². The maximum absolute atomic E-state index is 11.5. The van der Waals surface area contributed by atoms with E-state index in [2.05, 4.69) is 44.1 Å². The summed E-state index contributed by atoms with van der Waals surface area (Å²) in [4.78, 5) is 71.9. The second-order valence-corrected chi connectivity index (χ2v) is 13.8. The summed E-state index contributed by atoms with van der Waals surface area (Å²) in [5, 5.41) is 19.9. The fourth-order valence-electron chi connectivity index (χ4n) is 6.20. The highest BCUT2D eigenvalue weighted by molar-refractivity contribution is 5.93. The molecule has 0 bridgehead atoms. The zero-order valence-corrected chi connectivity index (χ0v) is 35.7. The lowest BCUT2D eigenvalue weighted by atomic mass is 10.1. The van der Waals surface area contributed by atoms with Crippen molar-refractivity contribution in [3.63, 3.8) is 0 Å². The van der Waals surface area contributed by atoms with Gasteiger partial charge in [0.15, 0.2) is 6.29 Å². The average molecular weight is 830 g/mol. The van der Waals surface area contributed by atoms with Crippen LogP contribution in [0.2, 0.25) is 0 Å². The summed E-state index contributed by atoms with van der Waals surface area (Å²) in [5.41, 5.74) is 3.60. The van der Waals surface area contributed by atoms with E-state index in [9.17, 15) is 33.9 Å². The van der Waals surface area contributed by atoms with Crippen LogP contribution in [0, 0.1) is 6.92 Å². The van der Waals surface area contributed by atoms with Crippen molar-refractivity contribution in [2.24, 2.45) is 0 Å². The Bertz CT molecular complexity index is 2370. The third kappa shape index (κ3) is 12.9. The molecular formula is C45H55N3O12. The Morgan fingerprint density at radius 2 is 1.07 bits per heavy atom. The molecule has 60 heavy (non-hydrogen) atoms. The molecule has 0 unspecified atom stereocenters. The zero-order chi connectivity index (χ0) is 44.7. The Balaban J connectivity index is 0.000000219. The third-order valence-electron chi connectivity index (χ3n) is 9.38. The SMILES string of the molecule is CC1(C)OC(=O)CC(=O)O1.CCN(CC)c1ccc(C=O)c(O)c1.CCN(CC)c1ccc2cc(C(=O)O)c(=O)oc2c1.CCN(CC)c1ccc2cc(C)c(=O)oc2c1. The monoisotopic (exact) mass is 829 g/mol. The van der Waals surface area contributed by atoms with Crippen LogP contribution < -0.4 is 26.0 Å². The van der Waals surface area contributed by atoms with E-state index in [0.29, 0.717) is 34.0 Å². The van der Waals surface area contributed by atoms with Crippen molar-refractivity contribution >= 4 is 63.2 Å². The van der Waals surface area contributed by atoms with Gasteiger partial charge in [-0.1, -0.05) is 0 Å². The highest BCUT2D eigenvalue weighted by Crippen LogP contribution is 2.25. The lowest BCUT2D eigenvalue weighted by Gasteiger charge is -2.28. The first-order chi connectivity index (χ1) is 28.4. The van der Waals surface area contributed by atoms with E-state index >= 15 is 0 Å². The number of aromatic carboxylic acids is 1. The number of hydrogen-bond donors (Lipinski definition) is 2. The second-order valence-electron chi connectivity index (χ2n) is 13.8. The van der Waals surface area contributed by atoms with E-state index in [1.54, 1.807) is 31.2 Å². The highest BCUT2D eigenvalue weighted by Gasteiger charge is 2.34. The van der Waals surface area contributed by atoms with Crippen molar-refractivity contribution in [2.45, 2.75) is 74.5 Å². The first kappa shape index (κ1) is 47.7. The predicted octanol–water partition coefficient (Wildman–Crippen LogP) is 7.55. The summed E-state index contributed by atoms with van der Waals surface area (Å²) in [7, 11) is 0. The molecule has 0 saturated carbocycles. The number of carbonyl (C=O) groups excluding carboxylic acids is 3. The Kier molecular flexibility index (Phi) is 17.4. The maximum Gasteiger partial charge on any atom is 0.351 e. The number of carbonyl (C=O) groups is 4. The van der Waals surface area contributed by atoms with Crippen molar-refractivity contribution < 1.29 is 47.7 Å². The molecule has 15 nitrogen and oxygen atoms in total. The number of aldehydes is 1. The van der Waals surface area contributed by atoms with E-state index < -0.39 is 29.3 Å².